The smallest absolute Gasteiger partial charge is 0.240 e. The van der Waals surface area contributed by atoms with Gasteiger partial charge in [0.05, 0.1) is 12.4 Å². The summed E-state index contributed by atoms with van der Waals surface area (Å²) in [6, 6.07) is 36.6. The Kier molecular flexibility index (Phi) is 6.97. The van der Waals surface area contributed by atoms with Crippen LogP contribution < -0.4 is 10.9 Å². The molecule has 40 heavy (non-hydrogen) atoms. The maximum atomic E-state index is 12.4. The van der Waals surface area contributed by atoms with E-state index in [2.05, 4.69) is 57.5 Å². The molecular formula is C34H26N4O2. The number of hydrogen-bond donors (Lipinski definition) is 2. The fraction of sp³-hybridized carbons (Fsp3) is 0.0588. The Hall–Kier alpha value is -5.36. The number of rotatable bonds is 7. The summed E-state index contributed by atoms with van der Waals surface area (Å²) in [5, 5.41) is 17.0. The summed E-state index contributed by atoms with van der Waals surface area (Å²) in [5.74, 6) is -0.695. The second kappa shape index (κ2) is 11.2. The molecule has 0 fully saturated rings. The lowest BCUT2D eigenvalue weighted by Crippen LogP contribution is -2.22. The number of nitrogens with one attached hydrogen (secondary N) is 2. The summed E-state index contributed by atoms with van der Waals surface area (Å²) < 4.78 is 0. The highest BCUT2D eigenvalue weighted by Gasteiger charge is 2.09. The molecule has 2 amide bonds. The maximum absolute atomic E-state index is 12.4. The largest absolute Gasteiger partial charge is 0.273 e. The SMILES string of the molecule is O=C(CCC(=O)N/N=C\c1c2ccccc2cc2ccccc12)N/N=C\c1c2ccccc2cc2ccccc12. The zero-order valence-corrected chi connectivity index (χ0v) is 21.7. The van der Waals surface area contributed by atoms with Crippen LogP contribution in [0.3, 0.4) is 0 Å². The lowest BCUT2D eigenvalue weighted by atomic mass is 9.97. The van der Waals surface area contributed by atoms with Gasteiger partial charge in [0.1, 0.15) is 0 Å². The Balaban J connectivity index is 1.09. The van der Waals surface area contributed by atoms with E-state index in [4.69, 9.17) is 0 Å². The predicted molar refractivity (Wildman–Crippen MR) is 164 cm³/mol. The monoisotopic (exact) mass is 522 g/mol. The van der Waals surface area contributed by atoms with Crippen molar-refractivity contribution in [1.29, 1.82) is 0 Å². The summed E-state index contributed by atoms with van der Waals surface area (Å²) in [6.45, 7) is 0. The lowest BCUT2D eigenvalue weighted by molar-refractivity contribution is -0.126. The number of nitrogens with zero attached hydrogens (tertiary/aromatic N) is 2. The molecule has 0 saturated heterocycles. The Morgan fingerprint density at radius 1 is 0.500 bits per heavy atom. The van der Waals surface area contributed by atoms with Gasteiger partial charge in [0.15, 0.2) is 0 Å². The molecule has 0 atom stereocenters. The maximum Gasteiger partial charge on any atom is 0.240 e. The molecule has 0 aliphatic carbocycles. The first-order chi connectivity index (χ1) is 19.7. The quantitative estimate of drug-likeness (QED) is 0.139. The van der Waals surface area contributed by atoms with Crippen molar-refractivity contribution in [1.82, 2.24) is 10.9 Å². The molecule has 0 spiro atoms. The normalized spacial score (nSPS) is 11.7. The minimum absolute atomic E-state index is 0.00776. The van der Waals surface area contributed by atoms with Gasteiger partial charge in [-0.15, -0.1) is 0 Å². The van der Waals surface area contributed by atoms with Gasteiger partial charge in [-0.05, 0) is 55.2 Å². The molecule has 6 nitrogen and oxygen atoms in total. The van der Waals surface area contributed by atoms with Gasteiger partial charge in [-0.2, -0.15) is 10.2 Å². The fourth-order valence-electron chi connectivity index (χ4n) is 5.05. The zero-order valence-electron chi connectivity index (χ0n) is 21.7. The third kappa shape index (κ3) is 5.15. The van der Waals surface area contributed by atoms with E-state index < -0.39 is 0 Å². The molecule has 6 rings (SSSR count). The first-order valence-corrected chi connectivity index (χ1v) is 13.1. The molecule has 0 heterocycles. The van der Waals surface area contributed by atoms with Crippen molar-refractivity contribution in [3.8, 4) is 0 Å². The highest BCUT2D eigenvalue weighted by Crippen LogP contribution is 2.28. The molecule has 0 aliphatic rings. The number of hydrogen-bond acceptors (Lipinski definition) is 4. The summed E-state index contributed by atoms with van der Waals surface area (Å²) in [7, 11) is 0. The van der Waals surface area contributed by atoms with Crippen LogP contribution in [0.25, 0.3) is 43.1 Å². The molecule has 6 heteroatoms. The van der Waals surface area contributed by atoms with Crippen molar-refractivity contribution >= 4 is 67.3 Å². The van der Waals surface area contributed by atoms with E-state index in [1.54, 1.807) is 12.4 Å². The molecule has 194 valence electrons. The minimum Gasteiger partial charge on any atom is -0.273 e. The third-order valence-electron chi connectivity index (χ3n) is 6.97. The van der Waals surface area contributed by atoms with Crippen molar-refractivity contribution in [2.75, 3.05) is 0 Å². The van der Waals surface area contributed by atoms with Gasteiger partial charge in [-0.3, -0.25) is 9.59 Å². The van der Waals surface area contributed by atoms with Gasteiger partial charge in [0.2, 0.25) is 11.8 Å². The van der Waals surface area contributed by atoms with Crippen LogP contribution in [0.4, 0.5) is 0 Å². The van der Waals surface area contributed by atoms with Crippen molar-refractivity contribution in [2.45, 2.75) is 12.8 Å². The van der Waals surface area contributed by atoms with E-state index in [0.717, 1.165) is 54.2 Å². The van der Waals surface area contributed by atoms with Gasteiger partial charge in [-0.25, -0.2) is 10.9 Å². The second-order valence-corrected chi connectivity index (χ2v) is 9.55. The van der Waals surface area contributed by atoms with Crippen molar-refractivity contribution in [3.05, 3.63) is 120 Å². The first-order valence-electron chi connectivity index (χ1n) is 13.1. The molecule has 6 aromatic carbocycles. The van der Waals surface area contributed by atoms with Crippen LogP contribution in [-0.2, 0) is 9.59 Å². The average Bonchev–Trinajstić information content (AvgIpc) is 2.99. The Labute approximate surface area is 231 Å². The van der Waals surface area contributed by atoms with E-state index in [1.807, 2.05) is 72.8 Å². The summed E-state index contributed by atoms with van der Waals surface area (Å²) in [4.78, 5) is 24.8. The molecule has 0 aromatic heterocycles. The van der Waals surface area contributed by atoms with Crippen LogP contribution in [0, 0.1) is 0 Å². The highest BCUT2D eigenvalue weighted by molar-refractivity contribution is 6.14. The molecule has 0 bridgehead atoms. The number of amides is 2. The van der Waals surface area contributed by atoms with E-state index >= 15 is 0 Å². The standard InChI is InChI=1S/C34H26N4O2/c39-33(37-35-21-31-27-13-5-1-9-23(27)19-24-10-2-6-14-28(24)31)17-18-34(40)38-36-22-32-29-15-7-3-11-25(29)20-26-12-4-8-16-30(26)32/h1-16,19-22H,17-18H2,(H,37,39)(H,38,40)/b35-21-,36-22-. The molecule has 0 saturated carbocycles. The average molecular weight is 523 g/mol. The topological polar surface area (TPSA) is 82.9 Å². The lowest BCUT2D eigenvalue weighted by Gasteiger charge is -2.08. The molecular weight excluding hydrogens is 496 g/mol. The minimum atomic E-state index is -0.347. The van der Waals surface area contributed by atoms with Crippen LogP contribution in [0.1, 0.15) is 24.0 Å². The third-order valence-corrected chi connectivity index (χ3v) is 6.97. The number of hydrazone groups is 2. The molecule has 0 aliphatic heterocycles. The number of carbonyl (C=O) groups is 2. The number of carbonyl (C=O) groups excluding carboxylic acids is 2. The van der Waals surface area contributed by atoms with Crippen LogP contribution in [0.5, 0.6) is 0 Å². The highest BCUT2D eigenvalue weighted by atomic mass is 16.2. The molecule has 2 N–H and O–H groups in total. The van der Waals surface area contributed by atoms with Gasteiger partial charge < -0.3 is 0 Å². The van der Waals surface area contributed by atoms with E-state index in [-0.39, 0.29) is 24.7 Å². The van der Waals surface area contributed by atoms with E-state index in [0.29, 0.717) is 0 Å². The predicted octanol–water partition coefficient (Wildman–Crippen LogP) is 6.68. The summed E-state index contributed by atoms with van der Waals surface area (Å²) >= 11 is 0. The molecule has 6 aromatic rings. The van der Waals surface area contributed by atoms with E-state index in [9.17, 15) is 9.59 Å². The molecule has 0 radical (unpaired) electrons. The second-order valence-electron chi connectivity index (χ2n) is 9.55. The number of benzene rings is 6. The summed E-state index contributed by atoms with van der Waals surface area (Å²) in [5.41, 5.74) is 6.97. The van der Waals surface area contributed by atoms with Gasteiger partial charge in [0, 0.05) is 24.0 Å². The fourth-order valence-corrected chi connectivity index (χ4v) is 5.05. The van der Waals surface area contributed by atoms with Crippen LogP contribution in [-0.4, -0.2) is 24.2 Å². The van der Waals surface area contributed by atoms with E-state index in [1.165, 1.54) is 0 Å². The zero-order chi connectivity index (χ0) is 27.3. The Bertz CT molecular complexity index is 1710. The molecule has 0 unspecified atom stereocenters. The van der Waals surface area contributed by atoms with Gasteiger partial charge in [0.25, 0.3) is 0 Å². The Morgan fingerprint density at radius 3 is 1.12 bits per heavy atom. The Morgan fingerprint density at radius 2 is 0.800 bits per heavy atom. The van der Waals surface area contributed by atoms with Gasteiger partial charge in [-0.1, -0.05) is 97.1 Å². The summed E-state index contributed by atoms with van der Waals surface area (Å²) in [6.07, 6.45) is 3.32. The van der Waals surface area contributed by atoms with Crippen molar-refractivity contribution < 1.29 is 9.59 Å². The van der Waals surface area contributed by atoms with Gasteiger partial charge >= 0.3 is 0 Å². The van der Waals surface area contributed by atoms with Crippen LogP contribution in [0.2, 0.25) is 0 Å². The van der Waals surface area contributed by atoms with Crippen molar-refractivity contribution in [3.63, 3.8) is 0 Å². The van der Waals surface area contributed by atoms with Crippen LogP contribution >= 0.6 is 0 Å². The van der Waals surface area contributed by atoms with Crippen LogP contribution in [0.15, 0.2) is 119 Å². The van der Waals surface area contributed by atoms with Crippen molar-refractivity contribution in [2.24, 2.45) is 10.2 Å². The number of fused-ring (bicyclic) bond motifs is 4. The first kappa shape index (κ1) is 24.9.